The molecule has 1 atom stereocenters. The van der Waals surface area contributed by atoms with Crippen LogP contribution in [0.1, 0.15) is 31.7 Å². The first-order valence-electron chi connectivity index (χ1n) is 9.00. The first-order chi connectivity index (χ1) is 11.6. The normalized spacial score (nSPS) is 22.2. The molecule has 2 amide bonds. The minimum Gasteiger partial charge on any atom is -0.342 e. The quantitative estimate of drug-likeness (QED) is 0.916. The Labute approximate surface area is 143 Å². The third-order valence-electron chi connectivity index (χ3n) is 5.39. The van der Waals surface area contributed by atoms with E-state index >= 15 is 0 Å². The van der Waals surface area contributed by atoms with Crippen LogP contribution in [-0.2, 0) is 16.0 Å². The predicted octanol–water partition coefficient (Wildman–Crippen LogP) is 1.80. The van der Waals surface area contributed by atoms with Crippen LogP contribution in [0.2, 0.25) is 0 Å². The van der Waals surface area contributed by atoms with Gasteiger partial charge in [-0.2, -0.15) is 0 Å². The molecule has 0 aromatic heterocycles. The average Bonchev–Trinajstić information content (AvgIpc) is 3.03. The van der Waals surface area contributed by atoms with Gasteiger partial charge in [0.25, 0.3) is 0 Å². The summed E-state index contributed by atoms with van der Waals surface area (Å²) in [6.45, 7) is 4.86. The summed E-state index contributed by atoms with van der Waals surface area (Å²) in [6, 6.07) is 8.07. The van der Waals surface area contributed by atoms with Crippen molar-refractivity contribution in [1.82, 2.24) is 4.90 Å². The molecule has 24 heavy (non-hydrogen) atoms. The molecule has 1 unspecified atom stereocenters. The Hall–Kier alpha value is -1.88. The molecule has 2 fully saturated rings. The molecule has 130 valence electrons. The van der Waals surface area contributed by atoms with Crippen LogP contribution >= 0.6 is 0 Å². The van der Waals surface area contributed by atoms with Gasteiger partial charge in [-0.1, -0.05) is 19.1 Å². The van der Waals surface area contributed by atoms with Crippen LogP contribution in [0.3, 0.4) is 0 Å². The number of carbonyl (C=O) groups is 2. The highest BCUT2D eigenvalue weighted by atomic mass is 16.2. The molecule has 2 aliphatic heterocycles. The average molecular weight is 329 g/mol. The molecule has 2 heterocycles. The van der Waals surface area contributed by atoms with E-state index in [1.165, 1.54) is 5.56 Å². The van der Waals surface area contributed by atoms with Crippen molar-refractivity contribution >= 4 is 17.5 Å². The molecule has 5 nitrogen and oxygen atoms in total. The molecular formula is C19H27N3O2. The van der Waals surface area contributed by atoms with E-state index in [-0.39, 0.29) is 17.7 Å². The first-order valence-corrected chi connectivity index (χ1v) is 9.00. The van der Waals surface area contributed by atoms with Gasteiger partial charge in [-0.3, -0.25) is 9.59 Å². The number of piperidine rings is 1. The van der Waals surface area contributed by atoms with Gasteiger partial charge in [-0.15, -0.1) is 0 Å². The molecule has 2 aliphatic rings. The fourth-order valence-corrected chi connectivity index (χ4v) is 3.68. The standard InChI is InChI=1S/C19H27N3O2/c1-2-14-3-5-17(6-4-14)22-13-16(11-18(22)23)19(24)21-9-7-15(12-20)8-10-21/h3-6,15-16H,2,7-13,20H2,1H3. The van der Waals surface area contributed by atoms with E-state index in [1.807, 2.05) is 17.0 Å². The fraction of sp³-hybridized carbons (Fsp3) is 0.579. The highest BCUT2D eigenvalue weighted by molar-refractivity contribution is 6.00. The van der Waals surface area contributed by atoms with E-state index in [9.17, 15) is 9.59 Å². The third-order valence-corrected chi connectivity index (χ3v) is 5.39. The number of rotatable bonds is 4. The maximum Gasteiger partial charge on any atom is 0.228 e. The Morgan fingerprint density at radius 3 is 2.46 bits per heavy atom. The number of carbonyl (C=O) groups excluding carboxylic acids is 2. The topological polar surface area (TPSA) is 66.6 Å². The summed E-state index contributed by atoms with van der Waals surface area (Å²) in [4.78, 5) is 28.8. The SMILES string of the molecule is CCc1ccc(N2CC(C(=O)N3CCC(CN)CC3)CC2=O)cc1. The molecule has 5 heteroatoms. The number of benzene rings is 1. The Morgan fingerprint density at radius 1 is 1.21 bits per heavy atom. The summed E-state index contributed by atoms with van der Waals surface area (Å²) < 4.78 is 0. The van der Waals surface area contributed by atoms with Crippen molar-refractivity contribution < 1.29 is 9.59 Å². The van der Waals surface area contributed by atoms with Gasteiger partial charge in [0.15, 0.2) is 0 Å². The Kier molecular flexibility index (Phi) is 5.19. The number of anilines is 1. The van der Waals surface area contributed by atoms with Gasteiger partial charge in [0, 0.05) is 31.7 Å². The highest BCUT2D eigenvalue weighted by Crippen LogP contribution is 2.28. The number of hydrogen-bond donors (Lipinski definition) is 1. The fourth-order valence-electron chi connectivity index (χ4n) is 3.68. The molecule has 3 rings (SSSR count). The van der Waals surface area contributed by atoms with Crippen molar-refractivity contribution in [2.75, 3.05) is 31.1 Å². The van der Waals surface area contributed by atoms with Gasteiger partial charge in [-0.25, -0.2) is 0 Å². The zero-order chi connectivity index (χ0) is 17.1. The molecular weight excluding hydrogens is 302 g/mol. The Balaban J connectivity index is 1.62. The van der Waals surface area contributed by atoms with Gasteiger partial charge in [0.05, 0.1) is 5.92 Å². The van der Waals surface area contributed by atoms with Crippen LogP contribution in [0.25, 0.3) is 0 Å². The smallest absolute Gasteiger partial charge is 0.228 e. The van der Waals surface area contributed by atoms with Crippen LogP contribution in [-0.4, -0.2) is 42.9 Å². The largest absolute Gasteiger partial charge is 0.342 e. The molecule has 1 aromatic rings. The van der Waals surface area contributed by atoms with Crippen LogP contribution < -0.4 is 10.6 Å². The van der Waals surface area contributed by atoms with Gasteiger partial charge in [0.1, 0.15) is 0 Å². The van der Waals surface area contributed by atoms with Crippen LogP contribution in [0.15, 0.2) is 24.3 Å². The number of likely N-dealkylation sites (tertiary alicyclic amines) is 1. The second-order valence-electron chi connectivity index (χ2n) is 6.93. The molecule has 0 radical (unpaired) electrons. The molecule has 0 spiro atoms. The lowest BCUT2D eigenvalue weighted by atomic mass is 9.95. The van der Waals surface area contributed by atoms with Crippen molar-refractivity contribution in [1.29, 1.82) is 0 Å². The summed E-state index contributed by atoms with van der Waals surface area (Å²) in [7, 11) is 0. The summed E-state index contributed by atoms with van der Waals surface area (Å²) in [5.74, 6) is 0.506. The van der Waals surface area contributed by atoms with Gasteiger partial charge < -0.3 is 15.5 Å². The molecule has 2 saturated heterocycles. The van der Waals surface area contributed by atoms with E-state index in [1.54, 1.807) is 4.90 Å². The molecule has 0 aliphatic carbocycles. The van der Waals surface area contributed by atoms with E-state index in [0.717, 1.165) is 38.0 Å². The zero-order valence-corrected chi connectivity index (χ0v) is 14.4. The van der Waals surface area contributed by atoms with Gasteiger partial charge in [0.2, 0.25) is 11.8 Å². The van der Waals surface area contributed by atoms with Crippen molar-refractivity contribution in [3.05, 3.63) is 29.8 Å². The summed E-state index contributed by atoms with van der Waals surface area (Å²) >= 11 is 0. The van der Waals surface area contributed by atoms with Crippen molar-refractivity contribution in [2.45, 2.75) is 32.6 Å². The minimum atomic E-state index is -0.210. The summed E-state index contributed by atoms with van der Waals surface area (Å²) in [5.41, 5.74) is 7.86. The lowest BCUT2D eigenvalue weighted by Gasteiger charge is -2.33. The zero-order valence-electron chi connectivity index (χ0n) is 14.4. The highest BCUT2D eigenvalue weighted by Gasteiger charge is 2.37. The summed E-state index contributed by atoms with van der Waals surface area (Å²) in [5, 5.41) is 0. The summed E-state index contributed by atoms with van der Waals surface area (Å²) in [6.07, 6.45) is 3.26. The van der Waals surface area contributed by atoms with Crippen LogP contribution in [0, 0.1) is 11.8 Å². The number of hydrogen-bond acceptors (Lipinski definition) is 3. The van der Waals surface area contributed by atoms with Crippen molar-refractivity contribution in [3.8, 4) is 0 Å². The van der Waals surface area contributed by atoms with Gasteiger partial charge in [-0.05, 0) is 49.4 Å². The third kappa shape index (κ3) is 3.46. The van der Waals surface area contributed by atoms with Gasteiger partial charge >= 0.3 is 0 Å². The molecule has 2 N–H and O–H groups in total. The van der Waals surface area contributed by atoms with E-state index < -0.39 is 0 Å². The monoisotopic (exact) mass is 329 g/mol. The van der Waals surface area contributed by atoms with E-state index in [4.69, 9.17) is 5.73 Å². The molecule has 0 saturated carbocycles. The second kappa shape index (κ2) is 7.34. The lowest BCUT2D eigenvalue weighted by Crippen LogP contribution is -2.43. The number of amides is 2. The lowest BCUT2D eigenvalue weighted by molar-refractivity contribution is -0.137. The maximum atomic E-state index is 12.7. The van der Waals surface area contributed by atoms with Crippen LogP contribution in [0.5, 0.6) is 0 Å². The van der Waals surface area contributed by atoms with Crippen LogP contribution in [0.4, 0.5) is 5.69 Å². The Morgan fingerprint density at radius 2 is 1.88 bits per heavy atom. The van der Waals surface area contributed by atoms with E-state index in [0.29, 0.717) is 25.4 Å². The first kappa shape index (κ1) is 17.0. The molecule has 1 aromatic carbocycles. The van der Waals surface area contributed by atoms with Crippen molar-refractivity contribution in [2.24, 2.45) is 17.6 Å². The number of aryl methyl sites for hydroxylation is 1. The predicted molar refractivity (Wildman–Crippen MR) is 94.6 cm³/mol. The number of nitrogens with zero attached hydrogens (tertiary/aromatic N) is 2. The van der Waals surface area contributed by atoms with E-state index in [2.05, 4.69) is 19.1 Å². The molecule has 0 bridgehead atoms. The van der Waals surface area contributed by atoms with Crippen molar-refractivity contribution in [3.63, 3.8) is 0 Å². The number of nitrogens with two attached hydrogens (primary N) is 1. The second-order valence-corrected chi connectivity index (χ2v) is 6.93. The maximum absolute atomic E-state index is 12.7. The minimum absolute atomic E-state index is 0.0504. The Bertz CT molecular complexity index is 591.